The number of carbonyl (C=O) groups excluding carboxylic acids is 1. The summed E-state index contributed by atoms with van der Waals surface area (Å²) in [6.07, 6.45) is 1.62. The van der Waals surface area contributed by atoms with Crippen LogP contribution >= 0.6 is 12.4 Å². The number of benzene rings is 1. The lowest BCUT2D eigenvalue weighted by atomic mass is 9.92. The van der Waals surface area contributed by atoms with Crippen molar-refractivity contribution in [3.8, 4) is 11.5 Å². The predicted octanol–water partition coefficient (Wildman–Crippen LogP) is 3.15. The first-order chi connectivity index (χ1) is 10.4. The number of carbonyl (C=O) groups is 1. The Morgan fingerprint density at radius 2 is 1.87 bits per heavy atom. The van der Waals surface area contributed by atoms with Crippen molar-refractivity contribution in [2.45, 2.75) is 52.2 Å². The zero-order valence-electron chi connectivity index (χ0n) is 14.6. The zero-order valence-corrected chi connectivity index (χ0v) is 15.5. The van der Waals surface area contributed by atoms with Crippen LogP contribution in [0.2, 0.25) is 0 Å². The Kier molecular flexibility index (Phi) is 9.02. The first-order valence-corrected chi connectivity index (χ1v) is 7.78. The van der Waals surface area contributed by atoms with E-state index in [-0.39, 0.29) is 30.0 Å². The average Bonchev–Trinajstić information content (AvgIpc) is 2.52. The van der Waals surface area contributed by atoms with Crippen molar-refractivity contribution in [1.29, 1.82) is 0 Å². The molecular formula is C17H29ClN2O3. The van der Waals surface area contributed by atoms with Crippen LogP contribution in [0.4, 0.5) is 0 Å². The Morgan fingerprint density at radius 3 is 2.30 bits per heavy atom. The standard InChI is InChI=1S/C17H28N2O3.ClH/c1-6-17(7-2,11-18)19-16(20)13-8-9-14(22-12(3)4)15(10-13)21-5;/h8-10,12H,6-7,11,18H2,1-5H3,(H,19,20);1H. The number of nitrogens with one attached hydrogen (secondary N) is 1. The van der Waals surface area contributed by atoms with Crippen LogP contribution in [0, 0.1) is 0 Å². The molecule has 132 valence electrons. The van der Waals surface area contributed by atoms with Crippen LogP contribution in [0.5, 0.6) is 11.5 Å². The summed E-state index contributed by atoms with van der Waals surface area (Å²) in [5, 5.41) is 3.05. The molecule has 0 bridgehead atoms. The summed E-state index contributed by atoms with van der Waals surface area (Å²) >= 11 is 0. The molecule has 6 heteroatoms. The molecule has 0 saturated carbocycles. The van der Waals surface area contributed by atoms with Crippen LogP contribution in [-0.4, -0.2) is 31.2 Å². The second-order valence-corrected chi connectivity index (χ2v) is 5.68. The minimum Gasteiger partial charge on any atom is -0.493 e. The van der Waals surface area contributed by atoms with Crippen molar-refractivity contribution in [2.24, 2.45) is 5.73 Å². The Labute approximate surface area is 145 Å². The van der Waals surface area contributed by atoms with Crippen molar-refractivity contribution in [3.05, 3.63) is 23.8 Å². The molecule has 23 heavy (non-hydrogen) atoms. The summed E-state index contributed by atoms with van der Waals surface area (Å²) in [6, 6.07) is 5.19. The van der Waals surface area contributed by atoms with Gasteiger partial charge in [0.05, 0.1) is 18.8 Å². The van der Waals surface area contributed by atoms with Crippen molar-refractivity contribution < 1.29 is 14.3 Å². The molecule has 0 fully saturated rings. The van der Waals surface area contributed by atoms with Gasteiger partial charge in [0.15, 0.2) is 11.5 Å². The second-order valence-electron chi connectivity index (χ2n) is 5.68. The van der Waals surface area contributed by atoms with E-state index < -0.39 is 0 Å². The largest absolute Gasteiger partial charge is 0.493 e. The van der Waals surface area contributed by atoms with E-state index in [0.717, 1.165) is 12.8 Å². The summed E-state index contributed by atoms with van der Waals surface area (Å²) in [7, 11) is 1.56. The molecule has 0 aliphatic heterocycles. The van der Waals surface area contributed by atoms with E-state index >= 15 is 0 Å². The predicted molar refractivity (Wildman–Crippen MR) is 95.8 cm³/mol. The van der Waals surface area contributed by atoms with Gasteiger partial charge < -0.3 is 20.5 Å². The number of halogens is 1. The molecule has 0 unspecified atom stereocenters. The van der Waals surface area contributed by atoms with Crippen LogP contribution in [0.25, 0.3) is 0 Å². The molecule has 1 aromatic rings. The van der Waals surface area contributed by atoms with Gasteiger partial charge in [0.1, 0.15) is 0 Å². The maximum absolute atomic E-state index is 12.5. The highest BCUT2D eigenvalue weighted by Crippen LogP contribution is 2.29. The third-order valence-corrected chi connectivity index (χ3v) is 3.91. The highest BCUT2D eigenvalue weighted by atomic mass is 35.5. The van der Waals surface area contributed by atoms with E-state index in [2.05, 4.69) is 5.32 Å². The molecule has 3 N–H and O–H groups in total. The summed E-state index contributed by atoms with van der Waals surface area (Å²) in [4.78, 5) is 12.5. The molecule has 1 rings (SSSR count). The molecule has 0 atom stereocenters. The van der Waals surface area contributed by atoms with Gasteiger partial charge in [0, 0.05) is 12.1 Å². The SMILES string of the molecule is CCC(CC)(CN)NC(=O)c1ccc(OC(C)C)c(OC)c1.Cl. The van der Waals surface area contributed by atoms with Crippen molar-refractivity contribution >= 4 is 18.3 Å². The average molecular weight is 345 g/mol. The highest BCUT2D eigenvalue weighted by molar-refractivity contribution is 5.95. The highest BCUT2D eigenvalue weighted by Gasteiger charge is 2.27. The maximum Gasteiger partial charge on any atom is 0.251 e. The smallest absolute Gasteiger partial charge is 0.251 e. The van der Waals surface area contributed by atoms with Crippen LogP contribution in [-0.2, 0) is 0 Å². The number of hydrogen-bond acceptors (Lipinski definition) is 4. The van der Waals surface area contributed by atoms with Gasteiger partial charge in [-0.1, -0.05) is 13.8 Å². The quantitative estimate of drug-likeness (QED) is 0.759. The molecule has 0 aromatic heterocycles. The van der Waals surface area contributed by atoms with Gasteiger partial charge in [-0.3, -0.25) is 4.79 Å². The molecule has 1 aromatic carbocycles. The second kappa shape index (κ2) is 9.63. The van der Waals surface area contributed by atoms with Crippen molar-refractivity contribution in [1.82, 2.24) is 5.32 Å². The maximum atomic E-state index is 12.5. The minimum atomic E-state index is -0.364. The Balaban J connectivity index is 0.00000484. The molecular weight excluding hydrogens is 316 g/mol. The first-order valence-electron chi connectivity index (χ1n) is 7.78. The molecule has 0 saturated heterocycles. The number of hydrogen-bond donors (Lipinski definition) is 2. The summed E-state index contributed by atoms with van der Waals surface area (Å²) in [5.41, 5.74) is 6.00. The summed E-state index contributed by atoms with van der Waals surface area (Å²) in [5.74, 6) is 1.03. The monoisotopic (exact) mass is 344 g/mol. The zero-order chi connectivity index (χ0) is 16.8. The van der Waals surface area contributed by atoms with Gasteiger partial charge in [0.2, 0.25) is 0 Å². The van der Waals surface area contributed by atoms with Gasteiger partial charge >= 0.3 is 0 Å². The lowest BCUT2D eigenvalue weighted by Gasteiger charge is -2.31. The molecule has 0 spiro atoms. The topological polar surface area (TPSA) is 73.6 Å². The van der Waals surface area contributed by atoms with Gasteiger partial charge in [-0.15, -0.1) is 12.4 Å². The Hall–Kier alpha value is -1.46. The van der Waals surface area contributed by atoms with Gasteiger partial charge in [-0.05, 0) is 44.9 Å². The number of ether oxygens (including phenoxy) is 2. The van der Waals surface area contributed by atoms with Crippen LogP contribution in [0.15, 0.2) is 18.2 Å². The van der Waals surface area contributed by atoms with E-state index in [1.165, 1.54) is 0 Å². The lowest BCUT2D eigenvalue weighted by molar-refractivity contribution is 0.0895. The minimum absolute atomic E-state index is 0. The number of rotatable bonds is 8. The summed E-state index contributed by atoms with van der Waals surface area (Å²) < 4.78 is 11.0. The van der Waals surface area contributed by atoms with Crippen LogP contribution in [0.1, 0.15) is 50.9 Å². The molecule has 0 aliphatic rings. The van der Waals surface area contributed by atoms with E-state index in [1.807, 2.05) is 27.7 Å². The number of methoxy groups -OCH3 is 1. The van der Waals surface area contributed by atoms with E-state index in [9.17, 15) is 4.79 Å². The van der Waals surface area contributed by atoms with Gasteiger partial charge in [0.25, 0.3) is 5.91 Å². The van der Waals surface area contributed by atoms with Crippen LogP contribution < -0.4 is 20.5 Å². The van der Waals surface area contributed by atoms with E-state index in [1.54, 1.807) is 25.3 Å². The molecule has 0 heterocycles. The Bertz CT molecular complexity index is 494. The fourth-order valence-electron chi connectivity index (χ4n) is 2.24. The molecule has 5 nitrogen and oxygen atoms in total. The van der Waals surface area contributed by atoms with Gasteiger partial charge in [-0.25, -0.2) is 0 Å². The number of nitrogens with two attached hydrogens (primary N) is 1. The van der Waals surface area contributed by atoms with Crippen LogP contribution in [0.3, 0.4) is 0 Å². The third kappa shape index (κ3) is 5.59. The third-order valence-electron chi connectivity index (χ3n) is 3.91. The molecule has 1 amide bonds. The van der Waals surface area contributed by atoms with E-state index in [0.29, 0.717) is 23.6 Å². The van der Waals surface area contributed by atoms with E-state index in [4.69, 9.17) is 15.2 Å². The lowest BCUT2D eigenvalue weighted by Crippen LogP contribution is -2.52. The fraction of sp³-hybridized carbons (Fsp3) is 0.588. The van der Waals surface area contributed by atoms with Crippen molar-refractivity contribution in [2.75, 3.05) is 13.7 Å². The molecule has 0 aliphatic carbocycles. The first kappa shape index (κ1) is 21.5. The normalized spacial score (nSPS) is 10.9. The number of amides is 1. The van der Waals surface area contributed by atoms with Crippen molar-refractivity contribution in [3.63, 3.8) is 0 Å². The Morgan fingerprint density at radius 1 is 1.26 bits per heavy atom. The summed E-state index contributed by atoms with van der Waals surface area (Å²) in [6.45, 7) is 8.35. The fourth-order valence-corrected chi connectivity index (χ4v) is 2.24. The molecule has 0 radical (unpaired) electrons. The van der Waals surface area contributed by atoms with Gasteiger partial charge in [-0.2, -0.15) is 0 Å².